The Bertz CT molecular complexity index is 347. The summed E-state index contributed by atoms with van der Waals surface area (Å²) in [6.07, 6.45) is -3.65. The van der Waals surface area contributed by atoms with Crippen LogP contribution in [0.2, 0.25) is 0 Å². The van der Waals surface area contributed by atoms with Gasteiger partial charge in [0.1, 0.15) is 5.21 Å². The van der Waals surface area contributed by atoms with Gasteiger partial charge in [-0.2, -0.15) is 13.2 Å². The van der Waals surface area contributed by atoms with Crippen LogP contribution in [0.5, 0.6) is 0 Å². The lowest BCUT2D eigenvalue weighted by Crippen LogP contribution is -2.34. The van der Waals surface area contributed by atoms with Crippen molar-refractivity contribution >= 4 is 21.6 Å². The van der Waals surface area contributed by atoms with Crippen molar-refractivity contribution < 1.29 is 21.6 Å². The van der Waals surface area contributed by atoms with Gasteiger partial charge in [-0.15, -0.1) is 11.6 Å². The highest BCUT2D eigenvalue weighted by atomic mass is 35.5. The highest BCUT2D eigenvalue weighted by Crippen LogP contribution is 2.22. The lowest BCUT2D eigenvalue weighted by Gasteiger charge is -2.17. The standard InChI is InChI=1S/C8H14ClF3N2O2S/c9-6-17(15,16)13-3-7-1-2-14(4-7)5-8(10,11)12/h7,13H,1-6H2. The van der Waals surface area contributed by atoms with Gasteiger partial charge in [-0.25, -0.2) is 13.1 Å². The number of hydrogen-bond donors (Lipinski definition) is 1. The Hall–Kier alpha value is -0.0500. The molecule has 0 aromatic rings. The molecule has 0 aromatic carbocycles. The molecule has 1 aliphatic rings. The molecule has 1 atom stereocenters. The number of alkyl halides is 4. The molecule has 1 saturated heterocycles. The quantitative estimate of drug-likeness (QED) is 0.769. The molecule has 9 heteroatoms. The van der Waals surface area contributed by atoms with Crippen molar-refractivity contribution in [2.24, 2.45) is 5.92 Å². The molecule has 1 heterocycles. The summed E-state index contributed by atoms with van der Waals surface area (Å²) in [7, 11) is -3.48. The molecule has 0 aliphatic carbocycles. The van der Waals surface area contributed by atoms with Crippen LogP contribution in [0.25, 0.3) is 0 Å². The molecule has 1 unspecified atom stereocenters. The summed E-state index contributed by atoms with van der Waals surface area (Å²) < 4.78 is 60.6. The third-order valence-electron chi connectivity index (χ3n) is 2.51. The molecule has 0 amide bonds. The van der Waals surface area contributed by atoms with Crippen molar-refractivity contribution in [3.63, 3.8) is 0 Å². The van der Waals surface area contributed by atoms with Gasteiger partial charge in [0.2, 0.25) is 10.0 Å². The molecule has 0 aromatic heterocycles. The average molecular weight is 295 g/mol. The molecule has 1 rings (SSSR count). The highest BCUT2D eigenvalue weighted by Gasteiger charge is 2.34. The van der Waals surface area contributed by atoms with Crippen LogP contribution in [0.1, 0.15) is 6.42 Å². The number of likely N-dealkylation sites (tertiary alicyclic amines) is 1. The summed E-state index contributed by atoms with van der Waals surface area (Å²) in [4.78, 5) is 1.28. The zero-order valence-corrected chi connectivity index (χ0v) is 10.6. The van der Waals surface area contributed by atoms with Crippen LogP contribution >= 0.6 is 11.6 Å². The van der Waals surface area contributed by atoms with Crippen LogP contribution in [0.15, 0.2) is 0 Å². The molecular formula is C8H14ClF3N2O2S. The van der Waals surface area contributed by atoms with Crippen LogP contribution in [-0.2, 0) is 10.0 Å². The lowest BCUT2D eigenvalue weighted by atomic mass is 10.1. The summed E-state index contributed by atoms with van der Waals surface area (Å²) in [6.45, 7) is -0.202. The van der Waals surface area contributed by atoms with Gasteiger partial charge >= 0.3 is 6.18 Å². The Morgan fingerprint density at radius 2 is 2.06 bits per heavy atom. The molecule has 1 N–H and O–H groups in total. The fourth-order valence-electron chi connectivity index (χ4n) is 1.76. The van der Waals surface area contributed by atoms with Gasteiger partial charge in [-0.05, 0) is 18.9 Å². The van der Waals surface area contributed by atoms with Crippen LogP contribution in [0.3, 0.4) is 0 Å². The maximum absolute atomic E-state index is 12.1. The molecule has 1 aliphatic heterocycles. The van der Waals surface area contributed by atoms with E-state index >= 15 is 0 Å². The predicted octanol–water partition coefficient (Wildman–Crippen LogP) is 0.986. The largest absolute Gasteiger partial charge is 0.401 e. The molecule has 17 heavy (non-hydrogen) atoms. The minimum atomic E-state index is -4.20. The second kappa shape index (κ2) is 5.73. The molecule has 1 fully saturated rings. The smallest absolute Gasteiger partial charge is 0.295 e. The first-order valence-electron chi connectivity index (χ1n) is 5.04. The minimum Gasteiger partial charge on any atom is -0.295 e. The Kier molecular flexibility index (Phi) is 5.06. The minimum absolute atomic E-state index is 0.0876. The zero-order chi connectivity index (χ0) is 13.1. The Labute approximate surface area is 103 Å². The van der Waals surface area contributed by atoms with Crippen molar-refractivity contribution in [1.82, 2.24) is 9.62 Å². The fraction of sp³-hybridized carbons (Fsp3) is 1.00. The van der Waals surface area contributed by atoms with Gasteiger partial charge in [0.15, 0.2) is 0 Å². The van der Waals surface area contributed by atoms with E-state index in [1.54, 1.807) is 0 Å². The van der Waals surface area contributed by atoms with E-state index in [4.69, 9.17) is 11.6 Å². The molecule has 0 spiro atoms. The number of hydrogen-bond acceptors (Lipinski definition) is 3. The predicted molar refractivity (Wildman–Crippen MR) is 58.2 cm³/mol. The van der Waals surface area contributed by atoms with E-state index in [9.17, 15) is 21.6 Å². The van der Waals surface area contributed by atoms with E-state index in [1.807, 2.05) is 0 Å². The van der Waals surface area contributed by atoms with E-state index in [1.165, 1.54) is 4.90 Å². The number of halogens is 4. The first kappa shape index (κ1) is 15.0. The summed E-state index contributed by atoms with van der Waals surface area (Å²) in [5, 5.41) is -0.536. The number of sulfonamides is 1. The van der Waals surface area contributed by atoms with E-state index < -0.39 is 28.0 Å². The Morgan fingerprint density at radius 1 is 1.41 bits per heavy atom. The summed E-state index contributed by atoms with van der Waals surface area (Å²) in [5.74, 6) is -0.0876. The Balaban J connectivity index is 2.32. The fourth-order valence-corrected chi connectivity index (χ4v) is 2.56. The van der Waals surface area contributed by atoms with Crippen molar-refractivity contribution in [2.75, 3.05) is 31.4 Å². The van der Waals surface area contributed by atoms with Gasteiger partial charge in [-0.3, -0.25) is 4.90 Å². The summed E-state index contributed by atoms with van der Waals surface area (Å²) in [5.41, 5.74) is 0. The molecule has 4 nitrogen and oxygen atoms in total. The number of rotatable bonds is 5. The van der Waals surface area contributed by atoms with Crippen LogP contribution in [0, 0.1) is 5.92 Å². The first-order valence-corrected chi connectivity index (χ1v) is 7.23. The van der Waals surface area contributed by atoms with E-state index in [-0.39, 0.29) is 19.0 Å². The van der Waals surface area contributed by atoms with Gasteiger partial charge < -0.3 is 0 Å². The highest BCUT2D eigenvalue weighted by molar-refractivity contribution is 7.90. The lowest BCUT2D eigenvalue weighted by molar-refractivity contribution is -0.143. The van der Waals surface area contributed by atoms with Gasteiger partial charge in [0.25, 0.3) is 0 Å². The second-order valence-electron chi connectivity index (χ2n) is 4.08. The summed E-state index contributed by atoms with van der Waals surface area (Å²) >= 11 is 5.18. The normalized spacial score (nSPS) is 23.2. The van der Waals surface area contributed by atoms with Crippen molar-refractivity contribution in [3.05, 3.63) is 0 Å². The molecule has 0 saturated carbocycles. The third kappa shape index (κ3) is 5.89. The van der Waals surface area contributed by atoms with Crippen molar-refractivity contribution in [3.8, 4) is 0 Å². The maximum Gasteiger partial charge on any atom is 0.401 e. The number of nitrogens with one attached hydrogen (secondary N) is 1. The Morgan fingerprint density at radius 3 is 2.59 bits per heavy atom. The first-order chi connectivity index (χ1) is 7.72. The van der Waals surface area contributed by atoms with Gasteiger partial charge in [0, 0.05) is 13.1 Å². The number of nitrogens with zero attached hydrogens (tertiary/aromatic N) is 1. The molecule has 0 radical (unpaired) electrons. The zero-order valence-electron chi connectivity index (χ0n) is 9.00. The third-order valence-corrected chi connectivity index (χ3v) is 4.26. The second-order valence-corrected chi connectivity index (χ2v) is 6.47. The van der Waals surface area contributed by atoms with Crippen LogP contribution in [-0.4, -0.2) is 50.9 Å². The molecule has 102 valence electrons. The molecular weight excluding hydrogens is 281 g/mol. The van der Waals surface area contributed by atoms with E-state index in [0.717, 1.165) is 0 Å². The maximum atomic E-state index is 12.1. The van der Waals surface area contributed by atoms with Gasteiger partial charge in [0.05, 0.1) is 6.54 Å². The van der Waals surface area contributed by atoms with Crippen LogP contribution < -0.4 is 4.72 Å². The monoisotopic (exact) mass is 294 g/mol. The van der Waals surface area contributed by atoms with Crippen molar-refractivity contribution in [1.29, 1.82) is 0 Å². The van der Waals surface area contributed by atoms with E-state index in [0.29, 0.717) is 13.0 Å². The molecule has 0 bridgehead atoms. The van der Waals surface area contributed by atoms with Crippen LogP contribution in [0.4, 0.5) is 13.2 Å². The average Bonchev–Trinajstić information content (AvgIpc) is 2.60. The topological polar surface area (TPSA) is 49.4 Å². The van der Waals surface area contributed by atoms with E-state index in [2.05, 4.69) is 4.72 Å². The van der Waals surface area contributed by atoms with Crippen molar-refractivity contribution in [2.45, 2.75) is 12.6 Å². The summed E-state index contributed by atoms with van der Waals surface area (Å²) in [6, 6.07) is 0. The van der Waals surface area contributed by atoms with Gasteiger partial charge in [-0.1, -0.05) is 0 Å². The SMILES string of the molecule is O=S(=O)(CCl)NCC1CCN(CC(F)(F)F)C1.